The highest BCUT2D eigenvalue weighted by Gasteiger charge is 2.22. The Balaban J connectivity index is 1.50. The second-order valence-electron chi connectivity index (χ2n) is 6.72. The van der Waals surface area contributed by atoms with Crippen molar-refractivity contribution in [2.45, 2.75) is 0 Å². The summed E-state index contributed by atoms with van der Waals surface area (Å²) in [4.78, 5) is 28.5. The first-order chi connectivity index (χ1) is 14.6. The van der Waals surface area contributed by atoms with Gasteiger partial charge in [0, 0.05) is 31.9 Å². The number of para-hydroxylation sites is 1. The Kier molecular flexibility index (Phi) is 7.06. The Hall–Kier alpha value is -3.79. The molecule has 0 aromatic heterocycles. The quantitative estimate of drug-likeness (QED) is 0.417. The Morgan fingerprint density at radius 2 is 1.70 bits per heavy atom. The lowest BCUT2D eigenvalue weighted by atomic mass is 10.1. The largest absolute Gasteiger partial charge is 0.497 e. The van der Waals surface area contributed by atoms with Crippen LogP contribution < -0.4 is 9.64 Å². The predicted octanol–water partition coefficient (Wildman–Crippen LogP) is 2.49. The summed E-state index contributed by atoms with van der Waals surface area (Å²) in [6, 6.07) is 18.7. The van der Waals surface area contributed by atoms with Crippen molar-refractivity contribution in [2.75, 3.05) is 44.8 Å². The van der Waals surface area contributed by atoms with Crippen molar-refractivity contribution in [1.82, 2.24) is 4.90 Å². The van der Waals surface area contributed by atoms with Gasteiger partial charge in [0.1, 0.15) is 17.4 Å². The molecule has 0 saturated carbocycles. The fourth-order valence-corrected chi connectivity index (χ4v) is 3.15. The van der Waals surface area contributed by atoms with Crippen LogP contribution in [0.4, 0.5) is 5.69 Å². The number of nitriles is 1. The first kappa shape index (κ1) is 20.9. The van der Waals surface area contributed by atoms with Gasteiger partial charge < -0.3 is 19.3 Å². The molecule has 30 heavy (non-hydrogen) atoms. The molecule has 2 aromatic rings. The number of nitrogens with zero attached hydrogens (tertiary/aromatic N) is 3. The van der Waals surface area contributed by atoms with Crippen molar-refractivity contribution in [3.63, 3.8) is 0 Å². The van der Waals surface area contributed by atoms with Gasteiger partial charge in [-0.1, -0.05) is 30.3 Å². The molecule has 0 atom stereocenters. The molecular formula is C23H23N3O4. The number of hydrogen-bond donors (Lipinski definition) is 0. The molecule has 3 rings (SSSR count). The number of esters is 1. The highest BCUT2D eigenvalue weighted by atomic mass is 16.5. The van der Waals surface area contributed by atoms with E-state index in [0.717, 1.165) is 5.69 Å². The Morgan fingerprint density at radius 1 is 1.03 bits per heavy atom. The van der Waals surface area contributed by atoms with E-state index < -0.39 is 5.97 Å². The van der Waals surface area contributed by atoms with Crippen molar-refractivity contribution < 1.29 is 19.1 Å². The Labute approximate surface area is 175 Å². The maximum atomic E-state index is 12.4. The average molecular weight is 405 g/mol. The molecule has 1 amide bonds. The molecule has 2 aromatic carbocycles. The highest BCUT2D eigenvalue weighted by molar-refractivity contribution is 5.98. The van der Waals surface area contributed by atoms with Crippen LogP contribution in [-0.2, 0) is 14.3 Å². The van der Waals surface area contributed by atoms with Gasteiger partial charge in [-0.25, -0.2) is 4.79 Å². The van der Waals surface area contributed by atoms with Crippen LogP contribution in [-0.4, -0.2) is 56.7 Å². The lowest BCUT2D eigenvalue weighted by Crippen LogP contribution is -2.49. The lowest BCUT2D eigenvalue weighted by molar-refractivity contribution is -0.148. The topological polar surface area (TPSA) is 82.9 Å². The first-order valence-electron chi connectivity index (χ1n) is 9.61. The van der Waals surface area contributed by atoms with Crippen LogP contribution in [0.2, 0.25) is 0 Å². The van der Waals surface area contributed by atoms with Crippen LogP contribution in [0, 0.1) is 11.3 Å². The summed E-state index contributed by atoms with van der Waals surface area (Å²) in [5, 5.41) is 9.27. The average Bonchev–Trinajstić information content (AvgIpc) is 2.81. The molecule has 1 fully saturated rings. The number of carbonyl (C=O) groups excluding carboxylic acids is 2. The van der Waals surface area contributed by atoms with Crippen molar-refractivity contribution in [1.29, 1.82) is 5.26 Å². The smallest absolute Gasteiger partial charge is 0.349 e. The van der Waals surface area contributed by atoms with Crippen LogP contribution in [0.25, 0.3) is 6.08 Å². The molecule has 7 heteroatoms. The minimum atomic E-state index is -0.815. The lowest BCUT2D eigenvalue weighted by Gasteiger charge is -2.36. The molecule has 1 heterocycles. The molecule has 0 aliphatic carbocycles. The summed E-state index contributed by atoms with van der Waals surface area (Å²) in [7, 11) is 1.56. The minimum absolute atomic E-state index is 0.165. The summed E-state index contributed by atoms with van der Waals surface area (Å²) in [5.74, 6) is -0.409. The van der Waals surface area contributed by atoms with Crippen molar-refractivity contribution >= 4 is 23.6 Å². The van der Waals surface area contributed by atoms with Gasteiger partial charge >= 0.3 is 5.97 Å². The van der Waals surface area contributed by atoms with Gasteiger partial charge in [0.2, 0.25) is 0 Å². The molecule has 154 valence electrons. The third kappa shape index (κ3) is 5.39. The Bertz CT molecular complexity index is 941. The summed E-state index contributed by atoms with van der Waals surface area (Å²) in [6.07, 6.45) is 1.42. The fraction of sp³-hybridized carbons (Fsp3) is 0.261. The van der Waals surface area contributed by atoms with Gasteiger partial charge in [0.15, 0.2) is 6.61 Å². The van der Waals surface area contributed by atoms with E-state index in [2.05, 4.69) is 4.90 Å². The van der Waals surface area contributed by atoms with Gasteiger partial charge in [-0.05, 0) is 35.9 Å². The number of ether oxygens (including phenoxy) is 2. The monoisotopic (exact) mass is 405 g/mol. The number of rotatable bonds is 6. The van der Waals surface area contributed by atoms with Gasteiger partial charge in [0.25, 0.3) is 5.91 Å². The molecule has 0 unspecified atom stereocenters. The summed E-state index contributed by atoms with van der Waals surface area (Å²) in [6.45, 7) is 2.15. The molecule has 0 radical (unpaired) electrons. The molecular weight excluding hydrogens is 382 g/mol. The van der Waals surface area contributed by atoms with Crippen molar-refractivity contribution in [3.8, 4) is 11.8 Å². The van der Waals surface area contributed by atoms with E-state index in [9.17, 15) is 14.9 Å². The molecule has 1 saturated heterocycles. The van der Waals surface area contributed by atoms with Gasteiger partial charge in [-0.3, -0.25) is 4.79 Å². The zero-order chi connectivity index (χ0) is 21.3. The van der Waals surface area contributed by atoms with Crippen LogP contribution in [0.3, 0.4) is 0 Å². The third-order valence-electron chi connectivity index (χ3n) is 4.85. The van der Waals surface area contributed by atoms with Gasteiger partial charge in [-0.2, -0.15) is 5.26 Å². The van der Waals surface area contributed by atoms with E-state index in [1.165, 1.54) is 6.08 Å². The maximum Gasteiger partial charge on any atom is 0.349 e. The van der Waals surface area contributed by atoms with Crippen LogP contribution in [0.1, 0.15) is 5.56 Å². The Morgan fingerprint density at radius 3 is 2.30 bits per heavy atom. The van der Waals surface area contributed by atoms with Crippen LogP contribution in [0.15, 0.2) is 60.2 Å². The van der Waals surface area contributed by atoms with E-state index in [1.807, 2.05) is 36.4 Å². The molecule has 1 aliphatic rings. The van der Waals surface area contributed by atoms with E-state index >= 15 is 0 Å². The number of carbonyl (C=O) groups is 2. The second kappa shape index (κ2) is 10.1. The summed E-state index contributed by atoms with van der Waals surface area (Å²) < 4.78 is 10.2. The number of piperazine rings is 1. The maximum absolute atomic E-state index is 12.4. The molecule has 7 nitrogen and oxygen atoms in total. The number of amides is 1. The SMILES string of the molecule is COc1ccc(/C=C(\C#N)C(=O)OCC(=O)N2CCN(c3ccccc3)CC2)cc1. The zero-order valence-electron chi connectivity index (χ0n) is 16.8. The van der Waals surface area contributed by atoms with E-state index in [-0.39, 0.29) is 18.1 Å². The fourth-order valence-electron chi connectivity index (χ4n) is 3.15. The van der Waals surface area contributed by atoms with E-state index in [0.29, 0.717) is 37.5 Å². The minimum Gasteiger partial charge on any atom is -0.497 e. The molecule has 0 spiro atoms. The first-order valence-corrected chi connectivity index (χ1v) is 9.61. The number of hydrogen-bond acceptors (Lipinski definition) is 6. The van der Waals surface area contributed by atoms with E-state index in [4.69, 9.17) is 9.47 Å². The number of methoxy groups -OCH3 is 1. The van der Waals surface area contributed by atoms with E-state index in [1.54, 1.807) is 36.3 Å². The number of benzene rings is 2. The van der Waals surface area contributed by atoms with Crippen molar-refractivity contribution in [3.05, 3.63) is 65.7 Å². The van der Waals surface area contributed by atoms with Gasteiger partial charge in [-0.15, -0.1) is 0 Å². The highest BCUT2D eigenvalue weighted by Crippen LogP contribution is 2.16. The molecule has 0 bridgehead atoms. The molecule has 0 N–H and O–H groups in total. The summed E-state index contributed by atoms with van der Waals surface area (Å²) >= 11 is 0. The van der Waals surface area contributed by atoms with Crippen molar-refractivity contribution in [2.24, 2.45) is 0 Å². The standard InChI is InChI=1S/C23H23N3O4/c1-29-21-9-7-18(8-10-21)15-19(16-24)23(28)30-17-22(27)26-13-11-25(12-14-26)20-5-3-2-4-6-20/h2-10,15H,11-14,17H2,1H3/b19-15+. The predicted molar refractivity (Wildman–Crippen MR) is 113 cm³/mol. The van der Waals surface area contributed by atoms with Crippen LogP contribution in [0.5, 0.6) is 5.75 Å². The number of anilines is 1. The van der Waals surface area contributed by atoms with Gasteiger partial charge in [0.05, 0.1) is 7.11 Å². The van der Waals surface area contributed by atoms with Crippen LogP contribution >= 0.6 is 0 Å². The third-order valence-corrected chi connectivity index (χ3v) is 4.85. The summed E-state index contributed by atoms with van der Waals surface area (Å²) in [5.41, 5.74) is 1.62. The second-order valence-corrected chi connectivity index (χ2v) is 6.72. The normalized spacial score (nSPS) is 14.1. The molecule has 1 aliphatic heterocycles. The zero-order valence-corrected chi connectivity index (χ0v) is 16.8.